The maximum Gasteiger partial charge on any atom is 0.272 e. The van der Waals surface area contributed by atoms with E-state index in [0.29, 0.717) is 37.3 Å². The van der Waals surface area contributed by atoms with Crippen LogP contribution in [-0.4, -0.2) is 52.1 Å². The maximum absolute atomic E-state index is 12.6. The minimum Gasteiger partial charge on any atom is -0.352 e. The van der Waals surface area contributed by atoms with Gasteiger partial charge in [0, 0.05) is 43.4 Å². The molecule has 1 aliphatic heterocycles. The van der Waals surface area contributed by atoms with Gasteiger partial charge in [-0.05, 0) is 38.1 Å². The number of piperazine rings is 1. The fraction of sp³-hybridized carbons (Fsp3) is 0.353. The lowest BCUT2D eigenvalue weighted by atomic mass is 10.1. The summed E-state index contributed by atoms with van der Waals surface area (Å²) in [4.78, 5) is 26.9. The monoisotopic (exact) mass is 341 g/mol. The average Bonchev–Trinajstić information content (AvgIpc) is 2.61. The second-order valence-electron chi connectivity index (χ2n) is 6.07. The normalized spacial score (nSPS) is 14.5. The Morgan fingerprint density at radius 3 is 2.36 bits per heavy atom. The SMILES string of the molecule is Cc1ccc(N2CCN(C(=O)c3ccc([N+](=O)[O-])c(C)c3)CC2)nn1. The predicted molar refractivity (Wildman–Crippen MR) is 92.7 cm³/mol. The number of aromatic nitrogens is 2. The number of hydrogen-bond donors (Lipinski definition) is 0. The minimum absolute atomic E-state index is 0.0271. The summed E-state index contributed by atoms with van der Waals surface area (Å²) in [6.07, 6.45) is 0. The first-order valence-electron chi connectivity index (χ1n) is 8.05. The maximum atomic E-state index is 12.6. The Labute approximate surface area is 145 Å². The van der Waals surface area contributed by atoms with E-state index in [4.69, 9.17) is 0 Å². The number of nitrogens with zero attached hydrogens (tertiary/aromatic N) is 5. The first-order valence-corrected chi connectivity index (χ1v) is 8.05. The topological polar surface area (TPSA) is 92.5 Å². The van der Waals surface area contributed by atoms with E-state index in [-0.39, 0.29) is 11.6 Å². The summed E-state index contributed by atoms with van der Waals surface area (Å²) < 4.78 is 0. The fourth-order valence-corrected chi connectivity index (χ4v) is 2.88. The third-order valence-electron chi connectivity index (χ3n) is 4.32. The third-order valence-corrected chi connectivity index (χ3v) is 4.32. The summed E-state index contributed by atoms with van der Waals surface area (Å²) in [7, 11) is 0. The molecular formula is C17H19N5O3. The Morgan fingerprint density at radius 1 is 1.08 bits per heavy atom. The van der Waals surface area contributed by atoms with Gasteiger partial charge < -0.3 is 9.80 Å². The fourth-order valence-electron chi connectivity index (χ4n) is 2.88. The van der Waals surface area contributed by atoms with Crippen LogP contribution in [0.5, 0.6) is 0 Å². The smallest absolute Gasteiger partial charge is 0.272 e. The zero-order valence-corrected chi connectivity index (χ0v) is 14.2. The van der Waals surface area contributed by atoms with Gasteiger partial charge in [-0.1, -0.05) is 0 Å². The van der Waals surface area contributed by atoms with Crippen molar-refractivity contribution in [3.8, 4) is 0 Å². The molecule has 1 saturated heterocycles. The van der Waals surface area contributed by atoms with Crippen molar-refractivity contribution in [3.63, 3.8) is 0 Å². The predicted octanol–water partition coefficient (Wildman–Crippen LogP) is 1.96. The van der Waals surface area contributed by atoms with Crippen molar-refractivity contribution in [2.45, 2.75) is 13.8 Å². The molecular weight excluding hydrogens is 322 g/mol. The number of nitro groups is 1. The largest absolute Gasteiger partial charge is 0.352 e. The molecule has 1 aromatic carbocycles. The van der Waals surface area contributed by atoms with Crippen LogP contribution in [0.2, 0.25) is 0 Å². The van der Waals surface area contributed by atoms with Crippen molar-refractivity contribution in [3.05, 3.63) is 57.3 Å². The van der Waals surface area contributed by atoms with Crippen LogP contribution in [0, 0.1) is 24.0 Å². The summed E-state index contributed by atoms with van der Waals surface area (Å²) in [5.41, 5.74) is 1.86. The molecule has 8 nitrogen and oxygen atoms in total. The summed E-state index contributed by atoms with van der Waals surface area (Å²) in [6, 6.07) is 8.34. The molecule has 0 spiro atoms. The van der Waals surface area contributed by atoms with Gasteiger partial charge >= 0.3 is 0 Å². The average molecular weight is 341 g/mol. The van der Waals surface area contributed by atoms with Crippen LogP contribution in [0.3, 0.4) is 0 Å². The lowest BCUT2D eigenvalue weighted by Gasteiger charge is -2.35. The van der Waals surface area contributed by atoms with Crippen molar-refractivity contribution in [2.75, 3.05) is 31.1 Å². The summed E-state index contributed by atoms with van der Waals surface area (Å²) in [5, 5.41) is 19.1. The van der Waals surface area contributed by atoms with Crippen LogP contribution < -0.4 is 4.90 Å². The van der Waals surface area contributed by atoms with Gasteiger partial charge in [0.15, 0.2) is 5.82 Å². The van der Waals surface area contributed by atoms with Crippen molar-refractivity contribution in [2.24, 2.45) is 0 Å². The molecule has 0 aliphatic carbocycles. The second kappa shape index (κ2) is 6.84. The highest BCUT2D eigenvalue weighted by Gasteiger charge is 2.24. The summed E-state index contributed by atoms with van der Waals surface area (Å²) >= 11 is 0. The summed E-state index contributed by atoms with van der Waals surface area (Å²) in [6.45, 7) is 6.03. The van der Waals surface area contributed by atoms with Crippen LogP contribution in [-0.2, 0) is 0 Å². The van der Waals surface area contributed by atoms with E-state index in [2.05, 4.69) is 15.1 Å². The molecule has 0 N–H and O–H groups in total. The Kier molecular flexibility index (Phi) is 4.60. The molecule has 0 saturated carbocycles. The van der Waals surface area contributed by atoms with E-state index in [1.54, 1.807) is 17.9 Å². The van der Waals surface area contributed by atoms with Gasteiger partial charge in [0.05, 0.1) is 10.6 Å². The van der Waals surface area contributed by atoms with Gasteiger partial charge in [-0.2, -0.15) is 5.10 Å². The lowest BCUT2D eigenvalue weighted by Crippen LogP contribution is -2.49. The zero-order valence-electron chi connectivity index (χ0n) is 14.2. The number of benzene rings is 1. The van der Waals surface area contributed by atoms with Gasteiger partial charge in [0.25, 0.3) is 11.6 Å². The standard InChI is InChI=1S/C17H19N5O3/c1-12-11-14(4-5-15(12)22(24)25)17(23)21-9-7-20(8-10-21)16-6-3-13(2)18-19-16/h3-6,11H,7-10H2,1-2H3. The molecule has 0 radical (unpaired) electrons. The summed E-state index contributed by atoms with van der Waals surface area (Å²) in [5.74, 6) is 0.705. The minimum atomic E-state index is -0.440. The number of rotatable bonds is 3. The highest BCUT2D eigenvalue weighted by atomic mass is 16.6. The van der Waals surface area contributed by atoms with Crippen molar-refractivity contribution >= 4 is 17.4 Å². The molecule has 1 aliphatic rings. The molecule has 25 heavy (non-hydrogen) atoms. The Balaban J connectivity index is 1.66. The van der Waals surface area contributed by atoms with E-state index in [1.807, 2.05) is 19.1 Å². The first kappa shape index (κ1) is 16.8. The van der Waals surface area contributed by atoms with Crippen molar-refractivity contribution in [1.82, 2.24) is 15.1 Å². The number of carbonyl (C=O) groups is 1. The molecule has 3 rings (SSSR count). The molecule has 2 aromatic rings. The van der Waals surface area contributed by atoms with E-state index in [0.717, 1.165) is 11.5 Å². The highest BCUT2D eigenvalue weighted by molar-refractivity contribution is 5.95. The molecule has 1 fully saturated rings. The van der Waals surface area contributed by atoms with Gasteiger partial charge in [-0.3, -0.25) is 14.9 Å². The van der Waals surface area contributed by atoms with E-state index < -0.39 is 4.92 Å². The van der Waals surface area contributed by atoms with Gasteiger partial charge in [-0.25, -0.2) is 0 Å². The van der Waals surface area contributed by atoms with Crippen LogP contribution in [0.25, 0.3) is 0 Å². The second-order valence-corrected chi connectivity index (χ2v) is 6.07. The van der Waals surface area contributed by atoms with E-state index in [9.17, 15) is 14.9 Å². The van der Waals surface area contributed by atoms with Crippen LogP contribution in [0.1, 0.15) is 21.6 Å². The van der Waals surface area contributed by atoms with Gasteiger partial charge in [0.2, 0.25) is 0 Å². The van der Waals surface area contributed by atoms with Crippen LogP contribution >= 0.6 is 0 Å². The molecule has 1 amide bonds. The number of hydrogen-bond acceptors (Lipinski definition) is 6. The van der Waals surface area contributed by atoms with E-state index >= 15 is 0 Å². The molecule has 0 atom stereocenters. The number of carbonyl (C=O) groups excluding carboxylic acids is 1. The number of anilines is 1. The van der Waals surface area contributed by atoms with Gasteiger partial charge in [-0.15, -0.1) is 5.10 Å². The Hall–Kier alpha value is -3.03. The molecule has 0 bridgehead atoms. The van der Waals surface area contributed by atoms with E-state index in [1.165, 1.54) is 12.1 Å². The quantitative estimate of drug-likeness (QED) is 0.626. The Bertz CT molecular complexity index is 798. The van der Waals surface area contributed by atoms with Gasteiger partial charge in [0.1, 0.15) is 0 Å². The van der Waals surface area contributed by atoms with Crippen LogP contribution in [0.4, 0.5) is 11.5 Å². The van der Waals surface area contributed by atoms with Crippen LogP contribution in [0.15, 0.2) is 30.3 Å². The molecule has 0 unspecified atom stereocenters. The van der Waals surface area contributed by atoms with Crippen molar-refractivity contribution < 1.29 is 9.72 Å². The third kappa shape index (κ3) is 3.57. The molecule has 130 valence electrons. The molecule has 8 heteroatoms. The first-order chi connectivity index (χ1) is 12.0. The Morgan fingerprint density at radius 2 is 1.80 bits per heavy atom. The molecule has 2 heterocycles. The highest BCUT2D eigenvalue weighted by Crippen LogP contribution is 2.20. The number of aryl methyl sites for hydroxylation is 2. The lowest BCUT2D eigenvalue weighted by molar-refractivity contribution is -0.385. The number of nitro benzene ring substituents is 1. The zero-order chi connectivity index (χ0) is 18.0. The number of amides is 1. The van der Waals surface area contributed by atoms with Crippen molar-refractivity contribution in [1.29, 1.82) is 0 Å². The molecule has 1 aromatic heterocycles.